The number of nitrogens with zero attached hydrogens (tertiary/aromatic N) is 3. The van der Waals surface area contributed by atoms with Crippen molar-refractivity contribution in [3.8, 4) is 11.3 Å². The van der Waals surface area contributed by atoms with Gasteiger partial charge in [0.25, 0.3) is 5.56 Å². The minimum absolute atomic E-state index is 0.172. The monoisotopic (exact) mass is 237 g/mol. The van der Waals surface area contributed by atoms with Gasteiger partial charge >= 0.3 is 0 Å². The Kier molecular flexibility index (Phi) is 2.41. The van der Waals surface area contributed by atoms with E-state index in [-0.39, 0.29) is 5.56 Å². The summed E-state index contributed by atoms with van der Waals surface area (Å²) in [6.45, 7) is 2.03. The third kappa shape index (κ3) is 1.78. The summed E-state index contributed by atoms with van der Waals surface area (Å²) in [5, 5.41) is 4.32. The maximum atomic E-state index is 11.7. The zero-order valence-corrected chi connectivity index (χ0v) is 9.87. The van der Waals surface area contributed by atoms with Crippen LogP contribution in [0.25, 0.3) is 16.9 Å². The summed E-state index contributed by atoms with van der Waals surface area (Å²) in [5.41, 5.74) is 3.32. The SMILES string of the molecule is Cc1ccc(-c2ccc3nccc(=O)n3n2)cc1. The number of hydrogen-bond donors (Lipinski definition) is 0. The lowest BCUT2D eigenvalue weighted by atomic mass is 10.1. The first-order valence-electron chi connectivity index (χ1n) is 5.66. The van der Waals surface area contributed by atoms with Crippen LogP contribution in [0.3, 0.4) is 0 Å². The van der Waals surface area contributed by atoms with Crippen LogP contribution in [-0.2, 0) is 0 Å². The van der Waals surface area contributed by atoms with Crippen molar-refractivity contribution in [2.45, 2.75) is 6.92 Å². The number of benzene rings is 1. The molecule has 4 nitrogen and oxygen atoms in total. The minimum Gasteiger partial charge on any atom is -0.267 e. The molecule has 3 aromatic rings. The van der Waals surface area contributed by atoms with Crippen LogP contribution in [0.15, 0.2) is 53.5 Å². The molecule has 0 atom stereocenters. The molecule has 4 heteroatoms. The highest BCUT2D eigenvalue weighted by atomic mass is 16.1. The average Bonchev–Trinajstić information content (AvgIpc) is 2.40. The topological polar surface area (TPSA) is 47.3 Å². The second-order valence-electron chi connectivity index (χ2n) is 4.14. The van der Waals surface area contributed by atoms with Gasteiger partial charge in [-0.2, -0.15) is 9.61 Å². The van der Waals surface area contributed by atoms with Crippen molar-refractivity contribution in [3.05, 3.63) is 64.6 Å². The fourth-order valence-corrected chi connectivity index (χ4v) is 1.80. The van der Waals surface area contributed by atoms with E-state index in [0.717, 1.165) is 11.3 Å². The van der Waals surface area contributed by atoms with Crippen molar-refractivity contribution in [1.82, 2.24) is 14.6 Å². The second-order valence-corrected chi connectivity index (χ2v) is 4.14. The van der Waals surface area contributed by atoms with Gasteiger partial charge in [0.2, 0.25) is 0 Å². The number of fused-ring (bicyclic) bond motifs is 1. The van der Waals surface area contributed by atoms with Crippen molar-refractivity contribution < 1.29 is 0 Å². The Morgan fingerprint density at radius 2 is 1.78 bits per heavy atom. The largest absolute Gasteiger partial charge is 0.274 e. The molecule has 0 radical (unpaired) electrons. The summed E-state index contributed by atoms with van der Waals surface area (Å²) in [7, 11) is 0. The molecule has 2 aromatic heterocycles. The minimum atomic E-state index is -0.172. The number of aromatic nitrogens is 3. The van der Waals surface area contributed by atoms with Gasteiger partial charge in [0.1, 0.15) is 0 Å². The van der Waals surface area contributed by atoms with Gasteiger partial charge in [0, 0.05) is 17.8 Å². The van der Waals surface area contributed by atoms with E-state index >= 15 is 0 Å². The van der Waals surface area contributed by atoms with Gasteiger partial charge in [-0.25, -0.2) is 4.98 Å². The van der Waals surface area contributed by atoms with Crippen molar-refractivity contribution in [1.29, 1.82) is 0 Å². The van der Waals surface area contributed by atoms with Gasteiger partial charge in [0.15, 0.2) is 5.65 Å². The van der Waals surface area contributed by atoms with Crippen LogP contribution in [0.2, 0.25) is 0 Å². The van der Waals surface area contributed by atoms with E-state index in [1.165, 1.54) is 22.3 Å². The maximum Gasteiger partial charge on any atom is 0.274 e. The Morgan fingerprint density at radius 1 is 1.00 bits per heavy atom. The van der Waals surface area contributed by atoms with Gasteiger partial charge in [-0.15, -0.1) is 0 Å². The highest BCUT2D eigenvalue weighted by molar-refractivity contribution is 5.60. The first-order valence-corrected chi connectivity index (χ1v) is 5.66. The molecule has 3 rings (SSSR count). The van der Waals surface area contributed by atoms with E-state index in [1.807, 2.05) is 37.3 Å². The van der Waals surface area contributed by atoms with Crippen LogP contribution in [-0.4, -0.2) is 14.6 Å². The summed E-state index contributed by atoms with van der Waals surface area (Å²) in [6.07, 6.45) is 1.49. The van der Waals surface area contributed by atoms with E-state index in [9.17, 15) is 4.79 Å². The Morgan fingerprint density at radius 3 is 2.56 bits per heavy atom. The third-order valence-corrected chi connectivity index (χ3v) is 2.80. The van der Waals surface area contributed by atoms with Gasteiger partial charge in [0.05, 0.1) is 5.69 Å². The quantitative estimate of drug-likeness (QED) is 0.651. The summed E-state index contributed by atoms with van der Waals surface area (Å²) in [5.74, 6) is 0. The lowest BCUT2D eigenvalue weighted by Gasteiger charge is -2.03. The number of rotatable bonds is 1. The second kappa shape index (κ2) is 4.07. The lowest BCUT2D eigenvalue weighted by molar-refractivity contribution is 0.871. The molecule has 0 saturated carbocycles. The molecule has 2 heterocycles. The molecule has 0 unspecified atom stereocenters. The molecule has 18 heavy (non-hydrogen) atoms. The number of hydrogen-bond acceptors (Lipinski definition) is 3. The van der Waals surface area contributed by atoms with Gasteiger partial charge in [-0.1, -0.05) is 29.8 Å². The molecule has 0 fully saturated rings. The standard InChI is InChI=1S/C14H11N3O/c1-10-2-4-11(5-3-10)12-6-7-13-15-9-8-14(18)17(13)16-12/h2-9H,1H3. The van der Waals surface area contributed by atoms with Crippen LogP contribution in [0.4, 0.5) is 0 Å². The fraction of sp³-hybridized carbons (Fsp3) is 0.0714. The Hall–Kier alpha value is -2.49. The summed E-state index contributed by atoms with van der Waals surface area (Å²) >= 11 is 0. The predicted octanol–water partition coefficient (Wildman–Crippen LogP) is 2.06. The normalized spacial score (nSPS) is 10.7. The molecule has 1 aromatic carbocycles. The average molecular weight is 237 g/mol. The smallest absolute Gasteiger partial charge is 0.267 e. The van der Waals surface area contributed by atoms with Crippen molar-refractivity contribution in [3.63, 3.8) is 0 Å². The van der Waals surface area contributed by atoms with Crippen molar-refractivity contribution >= 4 is 5.65 Å². The van der Waals surface area contributed by atoms with E-state index in [4.69, 9.17) is 0 Å². The first kappa shape index (κ1) is 10.7. The summed E-state index contributed by atoms with van der Waals surface area (Å²) in [6, 6.07) is 13.1. The summed E-state index contributed by atoms with van der Waals surface area (Å²) < 4.78 is 1.31. The molecule has 0 amide bonds. The Labute approximate surface area is 104 Å². The summed E-state index contributed by atoms with van der Waals surface area (Å²) in [4.78, 5) is 15.8. The molecular weight excluding hydrogens is 226 g/mol. The van der Waals surface area contributed by atoms with Gasteiger partial charge in [-0.3, -0.25) is 4.79 Å². The van der Waals surface area contributed by atoms with Crippen LogP contribution < -0.4 is 5.56 Å². The molecule has 0 aliphatic heterocycles. The van der Waals surface area contributed by atoms with Crippen LogP contribution >= 0.6 is 0 Å². The third-order valence-electron chi connectivity index (χ3n) is 2.80. The molecule has 0 aliphatic carbocycles. The Balaban J connectivity index is 2.22. The van der Waals surface area contributed by atoms with Crippen LogP contribution in [0, 0.1) is 6.92 Å². The zero-order chi connectivity index (χ0) is 12.5. The molecule has 0 bridgehead atoms. The predicted molar refractivity (Wildman–Crippen MR) is 69.4 cm³/mol. The van der Waals surface area contributed by atoms with Gasteiger partial charge < -0.3 is 0 Å². The van der Waals surface area contributed by atoms with E-state index in [1.54, 1.807) is 6.07 Å². The fourth-order valence-electron chi connectivity index (χ4n) is 1.80. The maximum absolute atomic E-state index is 11.7. The van der Waals surface area contributed by atoms with E-state index in [2.05, 4.69) is 10.1 Å². The zero-order valence-electron chi connectivity index (χ0n) is 9.87. The molecule has 0 aliphatic rings. The Bertz CT molecular complexity index is 760. The number of aryl methyl sites for hydroxylation is 1. The van der Waals surface area contributed by atoms with Crippen molar-refractivity contribution in [2.24, 2.45) is 0 Å². The van der Waals surface area contributed by atoms with E-state index in [0.29, 0.717) is 5.65 Å². The first-order chi connectivity index (χ1) is 8.74. The molecular formula is C14H11N3O. The lowest BCUT2D eigenvalue weighted by Crippen LogP contribution is -2.16. The van der Waals surface area contributed by atoms with Crippen molar-refractivity contribution in [2.75, 3.05) is 0 Å². The molecule has 0 spiro atoms. The van der Waals surface area contributed by atoms with E-state index < -0.39 is 0 Å². The highest BCUT2D eigenvalue weighted by Crippen LogP contribution is 2.16. The van der Waals surface area contributed by atoms with Crippen LogP contribution in [0.5, 0.6) is 0 Å². The van der Waals surface area contributed by atoms with Crippen LogP contribution in [0.1, 0.15) is 5.56 Å². The molecule has 88 valence electrons. The van der Waals surface area contributed by atoms with Gasteiger partial charge in [-0.05, 0) is 19.1 Å². The molecule has 0 saturated heterocycles. The molecule has 0 N–H and O–H groups in total. The highest BCUT2D eigenvalue weighted by Gasteiger charge is 2.02.